The van der Waals surface area contributed by atoms with Crippen molar-refractivity contribution in [3.05, 3.63) is 0 Å². The molecule has 0 bridgehead atoms. The van der Waals surface area contributed by atoms with Crippen LogP contribution in [0.5, 0.6) is 6.01 Å². The fourth-order valence-electron chi connectivity index (χ4n) is 1.28. The third-order valence-corrected chi connectivity index (χ3v) is 2.45. The van der Waals surface area contributed by atoms with E-state index in [0.717, 1.165) is 26.2 Å². The first-order chi connectivity index (χ1) is 8.69. The van der Waals surface area contributed by atoms with Crippen molar-refractivity contribution in [2.24, 2.45) is 0 Å². The fraction of sp³-hybridized carbons (Fsp3) is 0.727. The molecule has 0 amide bonds. The molecule has 0 spiro atoms. The molecule has 0 aliphatic heterocycles. The largest absolute Gasteiger partial charge is 0.467 e. The third kappa shape index (κ3) is 4.70. The standard InChI is InChI=1S/C11H22N6O/c1-5-12-9-14-10(16-11(15-9)18-4)13-7-8-17(3)6-2/h5-8H2,1-4H3,(H2,12,13,14,15,16). The van der Waals surface area contributed by atoms with Crippen LogP contribution in [-0.4, -0.2) is 60.2 Å². The SMILES string of the molecule is CCNc1nc(NCCN(C)CC)nc(OC)n1. The van der Waals surface area contributed by atoms with Crippen molar-refractivity contribution in [3.8, 4) is 6.01 Å². The van der Waals surface area contributed by atoms with Crippen LogP contribution in [0.3, 0.4) is 0 Å². The summed E-state index contributed by atoms with van der Waals surface area (Å²) in [6.45, 7) is 7.59. The second-order valence-electron chi connectivity index (χ2n) is 3.82. The van der Waals surface area contributed by atoms with Crippen molar-refractivity contribution in [3.63, 3.8) is 0 Å². The summed E-state index contributed by atoms with van der Waals surface area (Å²) in [7, 11) is 3.61. The van der Waals surface area contributed by atoms with Gasteiger partial charge in [-0.3, -0.25) is 0 Å². The first-order valence-corrected chi connectivity index (χ1v) is 6.16. The molecular weight excluding hydrogens is 232 g/mol. The number of hydrogen-bond donors (Lipinski definition) is 2. The zero-order valence-electron chi connectivity index (χ0n) is 11.5. The summed E-state index contributed by atoms with van der Waals surface area (Å²) in [4.78, 5) is 14.7. The van der Waals surface area contributed by atoms with E-state index in [-0.39, 0.29) is 0 Å². The minimum absolute atomic E-state index is 0.312. The van der Waals surface area contributed by atoms with Crippen LogP contribution in [0.2, 0.25) is 0 Å². The Balaban J connectivity index is 2.60. The Morgan fingerprint density at radius 2 is 1.78 bits per heavy atom. The van der Waals surface area contributed by atoms with Crippen LogP contribution in [0.4, 0.5) is 11.9 Å². The van der Waals surface area contributed by atoms with Gasteiger partial charge in [0.2, 0.25) is 11.9 Å². The monoisotopic (exact) mass is 254 g/mol. The second kappa shape index (κ2) is 7.65. The lowest BCUT2D eigenvalue weighted by Gasteiger charge is -2.14. The molecule has 2 N–H and O–H groups in total. The summed E-state index contributed by atoms with van der Waals surface area (Å²) in [6, 6.07) is 0.312. The van der Waals surface area contributed by atoms with Crippen molar-refractivity contribution in [2.45, 2.75) is 13.8 Å². The Kier molecular flexibility index (Phi) is 6.13. The van der Waals surface area contributed by atoms with Gasteiger partial charge < -0.3 is 20.3 Å². The fourth-order valence-corrected chi connectivity index (χ4v) is 1.28. The molecule has 0 atom stereocenters. The summed E-state index contributed by atoms with van der Waals surface area (Å²) < 4.78 is 5.04. The Bertz CT molecular complexity index is 359. The average molecular weight is 254 g/mol. The van der Waals surface area contributed by atoms with Crippen molar-refractivity contribution in [1.82, 2.24) is 19.9 Å². The number of ether oxygens (including phenoxy) is 1. The van der Waals surface area contributed by atoms with E-state index >= 15 is 0 Å². The minimum Gasteiger partial charge on any atom is -0.467 e. The Morgan fingerprint density at radius 1 is 1.11 bits per heavy atom. The normalized spacial score (nSPS) is 10.5. The van der Waals surface area contributed by atoms with Crippen LogP contribution < -0.4 is 15.4 Å². The van der Waals surface area contributed by atoms with E-state index in [2.05, 4.69) is 44.5 Å². The molecule has 0 unspecified atom stereocenters. The van der Waals surface area contributed by atoms with Gasteiger partial charge in [0.05, 0.1) is 7.11 Å². The Labute approximate surface area is 108 Å². The van der Waals surface area contributed by atoms with E-state index < -0.39 is 0 Å². The molecule has 1 rings (SSSR count). The highest BCUT2D eigenvalue weighted by Gasteiger charge is 2.05. The molecule has 0 aliphatic rings. The molecule has 1 heterocycles. The summed E-state index contributed by atoms with van der Waals surface area (Å²) in [5.74, 6) is 1.05. The molecule has 0 radical (unpaired) electrons. The lowest BCUT2D eigenvalue weighted by Crippen LogP contribution is -2.25. The molecule has 0 saturated heterocycles. The van der Waals surface area contributed by atoms with Crippen molar-refractivity contribution < 1.29 is 4.74 Å². The predicted molar refractivity (Wildman–Crippen MR) is 72.2 cm³/mol. The Hall–Kier alpha value is -1.63. The molecule has 7 heteroatoms. The molecule has 0 fully saturated rings. The van der Waals surface area contributed by atoms with E-state index in [0.29, 0.717) is 17.9 Å². The number of rotatable bonds is 8. The number of hydrogen-bond acceptors (Lipinski definition) is 7. The average Bonchev–Trinajstić information content (AvgIpc) is 2.38. The number of anilines is 2. The number of likely N-dealkylation sites (N-methyl/N-ethyl adjacent to an activating group) is 1. The van der Waals surface area contributed by atoms with Crippen LogP contribution in [0, 0.1) is 0 Å². The van der Waals surface area contributed by atoms with Gasteiger partial charge in [0.15, 0.2) is 0 Å². The van der Waals surface area contributed by atoms with Crippen molar-refractivity contribution in [2.75, 3.05) is 51.0 Å². The molecule has 7 nitrogen and oxygen atoms in total. The third-order valence-electron chi connectivity index (χ3n) is 2.45. The maximum absolute atomic E-state index is 5.04. The predicted octanol–water partition coefficient (Wildman–Crippen LogP) is 0.676. The van der Waals surface area contributed by atoms with Gasteiger partial charge in [-0.1, -0.05) is 6.92 Å². The zero-order chi connectivity index (χ0) is 13.4. The molecule has 102 valence electrons. The van der Waals surface area contributed by atoms with Gasteiger partial charge in [-0.05, 0) is 20.5 Å². The van der Waals surface area contributed by atoms with Crippen LogP contribution in [0.1, 0.15) is 13.8 Å². The maximum atomic E-state index is 5.04. The van der Waals surface area contributed by atoms with Gasteiger partial charge in [0, 0.05) is 19.6 Å². The van der Waals surface area contributed by atoms with Crippen LogP contribution in [-0.2, 0) is 0 Å². The molecule has 1 aromatic rings. The van der Waals surface area contributed by atoms with E-state index in [4.69, 9.17) is 4.74 Å². The quantitative estimate of drug-likeness (QED) is 0.706. The van der Waals surface area contributed by atoms with Crippen molar-refractivity contribution >= 4 is 11.9 Å². The smallest absolute Gasteiger partial charge is 0.322 e. The van der Waals surface area contributed by atoms with Crippen molar-refractivity contribution in [1.29, 1.82) is 0 Å². The molecule has 0 saturated carbocycles. The zero-order valence-corrected chi connectivity index (χ0v) is 11.5. The van der Waals surface area contributed by atoms with E-state index in [1.807, 2.05) is 6.92 Å². The molecule has 18 heavy (non-hydrogen) atoms. The minimum atomic E-state index is 0.312. The lowest BCUT2D eigenvalue weighted by molar-refractivity contribution is 0.365. The van der Waals surface area contributed by atoms with Gasteiger partial charge in [-0.25, -0.2) is 0 Å². The lowest BCUT2D eigenvalue weighted by atomic mass is 10.5. The van der Waals surface area contributed by atoms with E-state index in [1.54, 1.807) is 7.11 Å². The summed E-state index contributed by atoms with van der Waals surface area (Å²) >= 11 is 0. The first-order valence-electron chi connectivity index (χ1n) is 6.16. The van der Waals surface area contributed by atoms with Gasteiger partial charge in [-0.2, -0.15) is 15.0 Å². The topological polar surface area (TPSA) is 75.2 Å². The first kappa shape index (κ1) is 14.4. The van der Waals surface area contributed by atoms with Gasteiger partial charge in [0.25, 0.3) is 0 Å². The number of nitrogens with zero attached hydrogens (tertiary/aromatic N) is 4. The molecular formula is C11H22N6O. The highest BCUT2D eigenvalue weighted by atomic mass is 16.5. The highest BCUT2D eigenvalue weighted by molar-refractivity contribution is 5.35. The van der Waals surface area contributed by atoms with Crippen LogP contribution in [0.25, 0.3) is 0 Å². The summed E-state index contributed by atoms with van der Waals surface area (Å²) in [6.07, 6.45) is 0. The summed E-state index contributed by atoms with van der Waals surface area (Å²) in [5, 5.41) is 6.20. The maximum Gasteiger partial charge on any atom is 0.322 e. The molecule has 0 aromatic carbocycles. The van der Waals surface area contributed by atoms with Crippen LogP contribution in [0.15, 0.2) is 0 Å². The van der Waals surface area contributed by atoms with E-state index in [9.17, 15) is 0 Å². The molecule has 1 aromatic heterocycles. The summed E-state index contributed by atoms with van der Waals surface area (Å²) in [5.41, 5.74) is 0. The molecule has 0 aliphatic carbocycles. The van der Waals surface area contributed by atoms with Gasteiger partial charge in [-0.15, -0.1) is 0 Å². The number of nitrogens with one attached hydrogen (secondary N) is 2. The van der Waals surface area contributed by atoms with Gasteiger partial charge in [0.1, 0.15) is 0 Å². The number of methoxy groups -OCH3 is 1. The van der Waals surface area contributed by atoms with Gasteiger partial charge >= 0.3 is 6.01 Å². The number of aromatic nitrogens is 3. The van der Waals surface area contributed by atoms with E-state index in [1.165, 1.54) is 0 Å². The Morgan fingerprint density at radius 3 is 2.33 bits per heavy atom. The second-order valence-corrected chi connectivity index (χ2v) is 3.82. The van der Waals surface area contributed by atoms with Crippen LogP contribution >= 0.6 is 0 Å². The highest BCUT2D eigenvalue weighted by Crippen LogP contribution is 2.10.